The number of likely N-dealkylation sites (N-methyl/N-ethyl adjacent to an activating group) is 1. The molecule has 1 fully saturated rings. The average Bonchev–Trinajstić information content (AvgIpc) is 2.88. The summed E-state index contributed by atoms with van der Waals surface area (Å²) in [5, 5.41) is 9.88. The molecule has 1 aliphatic heterocycles. The minimum atomic E-state index is -0.196. The van der Waals surface area contributed by atoms with Crippen molar-refractivity contribution in [2.75, 3.05) is 20.7 Å². The number of hydrogen-bond acceptors (Lipinski definition) is 6. The minimum absolute atomic E-state index is 0.0428. The summed E-state index contributed by atoms with van der Waals surface area (Å²) in [5.41, 5.74) is 10.6. The van der Waals surface area contributed by atoms with Crippen molar-refractivity contribution in [1.82, 2.24) is 20.6 Å². The number of nitrogens with zero attached hydrogens (tertiary/aromatic N) is 2. The summed E-state index contributed by atoms with van der Waals surface area (Å²) in [6.07, 6.45) is -0.0428. The second-order valence-electron chi connectivity index (χ2n) is 5.21. The number of hydrogen-bond donors (Lipinski definition) is 3. The van der Waals surface area contributed by atoms with E-state index < -0.39 is 0 Å². The highest BCUT2D eigenvalue weighted by molar-refractivity contribution is 5.84. The zero-order chi connectivity index (χ0) is 15.0. The monoisotopic (exact) mass is 289 g/mol. The molecule has 112 valence electrons. The molecule has 0 spiro atoms. The Morgan fingerprint density at radius 3 is 3.00 bits per heavy atom. The Morgan fingerprint density at radius 2 is 2.29 bits per heavy atom. The first-order chi connectivity index (χ1) is 10.2. The molecular formula is C14H19N5O2. The van der Waals surface area contributed by atoms with E-state index in [0.29, 0.717) is 11.1 Å². The van der Waals surface area contributed by atoms with Crippen LogP contribution in [-0.2, 0) is 11.3 Å². The van der Waals surface area contributed by atoms with Crippen LogP contribution in [0.1, 0.15) is 17.2 Å². The molecular weight excluding hydrogens is 270 g/mol. The highest BCUT2D eigenvalue weighted by Gasteiger charge is 2.33. The molecule has 2 aromatic rings. The van der Waals surface area contributed by atoms with Gasteiger partial charge in [-0.15, -0.1) is 0 Å². The van der Waals surface area contributed by atoms with Crippen LogP contribution < -0.4 is 16.7 Å². The van der Waals surface area contributed by atoms with Crippen molar-refractivity contribution in [2.45, 2.75) is 18.7 Å². The molecule has 0 saturated carbocycles. The highest BCUT2D eigenvalue weighted by Crippen LogP contribution is 2.29. The zero-order valence-electron chi connectivity index (χ0n) is 12.1. The summed E-state index contributed by atoms with van der Waals surface area (Å²) < 4.78 is 5.54. The van der Waals surface area contributed by atoms with Crippen molar-refractivity contribution < 1.29 is 4.74 Å². The molecule has 3 rings (SSSR count). The molecule has 0 amide bonds. The molecule has 2 atom stereocenters. The summed E-state index contributed by atoms with van der Waals surface area (Å²) >= 11 is 0. The van der Waals surface area contributed by atoms with Gasteiger partial charge < -0.3 is 10.5 Å². The van der Waals surface area contributed by atoms with E-state index in [9.17, 15) is 4.79 Å². The second-order valence-corrected chi connectivity index (χ2v) is 5.21. The van der Waals surface area contributed by atoms with Crippen LogP contribution in [0.25, 0.3) is 10.8 Å². The molecule has 2 unspecified atom stereocenters. The van der Waals surface area contributed by atoms with Gasteiger partial charge in [0.15, 0.2) is 0 Å². The maximum absolute atomic E-state index is 11.8. The number of benzene rings is 1. The zero-order valence-corrected chi connectivity index (χ0v) is 12.1. The first-order valence-electron chi connectivity index (χ1n) is 6.86. The van der Waals surface area contributed by atoms with Crippen LogP contribution in [0.4, 0.5) is 0 Å². The molecule has 0 radical (unpaired) electrons. The van der Waals surface area contributed by atoms with Crippen LogP contribution in [0.3, 0.4) is 0 Å². The van der Waals surface area contributed by atoms with Crippen molar-refractivity contribution in [1.29, 1.82) is 0 Å². The third-order valence-electron chi connectivity index (χ3n) is 4.04. The van der Waals surface area contributed by atoms with Crippen LogP contribution in [0.5, 0.6) is 0 Å². The quantitative estimate of drug-likeness (QED) is 0.729. The molecule has 1 aromatic carbocycles. The Kier molecular flexibility index (Phi) is 3.73. The Hall–Kier alpha value is -1.80. The van der Waals surface area contributed by atoms with E-state index in [2.05, 4.69) is 15.6 Å². The van der Waals surface area contributed by atoms with Crippen LogP contribution in [0, 0.1) is 0 Å². The normalized spacial score (nSPS) is 23.0. The molecule has 1 aromatic heterocycles. The van der Waals surface area contributed by atoms with Gasteiger partial charge in [0, 0.05) is 38.6 Å². The Bertz CT molecular complexity index is 714. The van der Waals surface area contributed by atoms with E-state index in [1.54, 1.807) is 7.11 Å². The van der Waals surface area contributed by atoms with Crippen molar-refractivity contribution in [3.05, 3.63) is 39.8 Å². The van der Waals surface area contributed by atoms with Gasteiger partial charge in [-0.1, -0.05) is 6.07 Å². The third kappa shape index (κ3) is 2.34. The number of methoxy groups -OCH3 is 1. The maximum atomic E-state index is 11.8. The van der Waals surface area contributed by atoms with Gasteiger partial charge in [0.05, 0.1) is 11.1 Å². The topological polar surface area (TPSA) is 96.3 Å². The first kappa shape index (κ1) is 14.2. The molecule has 21 heavy (non-hydrogen) atoms. The van der Waals surface area contributed by atoms with E-state index in [-0.39, 0.29) is 24.2 Å². The predicted molar refractivity (Wildman–Crippen MR) is 79.6 cm³/mol. The molecule has 2 heterocycles. The number of ether oxygens (including phenoxy) is 1. The highest BCUT2D eigenvalue weighted by atomic mass is 16.5. The fourth-order valence-electron chi connectivity index (χ4n) is 2.93. The van der Waals surface area contributed by atoms with Gasteiger partial charge in [0.2, 0.25) is 0 Å². The molecule has 7 nitrogen and oxygen atoms in total. The fourth-order valence-corrected chi connectivity index (χ4v) is 2.93. The number of nitrogens with one attached hydrogen (secondary N) is 2. The number of aromatic amines is 1. The Labute approximate surface area is 122 Å². The Morgan fingerprint density at radius 1 is 1.48 bits per heavy atom. The first-order valence-corrected chi connectivity index (χ1v) is 6.86. The summed E-state index contributed by atoms with van der Waals surface area (Å²) in [6.45, 7) is 1.07. The minimum Gasteiger partial charge on any atom is -0.364 e. The smallest absolute Gasteiger partial charge is 0.272 e. The van der Waals surface area contributed by atoms with Gasteiger partial charge in [-0.05, 0) is 17.7 Å². The molecule has 1 aliphatic rings. The lowest BCUT2D eigenvalue weighted by Gasteiger charge is -2.22. The van der Waals surface area contributed by atoms with Crippen LogP contribution >= 0.6 is 0 Å². The van der Waals surface area contributed by atoms with Crippen LogP contribution in [0.2, 0.25) is 0 Å². The molecule has 1 saturated heterocycles. The summed E-state index contributed by atoms with van der Waals surface area (Å²) in [5.74, 6) is 0.189. The van der Waals surface area contributed by atoms with Crippen LogP contribution in [0.15, 0.2) is 23.0 Å². The SMILES string of the molecule is COC1C(c2ccc3c(=O)[nH]nc(CN)c3c2)CNN1C. The number of aromatic nitrogens is 2. The molecule has 7 heteroatoms. The van der Waals surface area contributed by atoms with Gasteiger partial charge in [-0.3, -0.25) is 10.2 Å². The van der Waals surface area contributed by atoms with Gasteiger partial charge in [0.1, 0.15) is 6.23 Å². The number of nitrogens with two attached hydrogens (primary N) is 1. The maximum Gasteiger partial charge on any atom is 0.272 e. The predicted octanol–water partition coefficient (Wildman–Crippen LogP) is -0.112. The second kappa shape index (κ2) is 5.53. The van der Waals surface area contributed by atoms with E-state index in [1.165, 1.54) is 0 Å². The lowest BCUT2D eigenvalue weighted by molar-refractivity contribution is -0.0169. The number of H-pyrrole nitrogens is 1. The van der Waals surface area contributed by atoms with E-state index in [0.717, 1.165) is 17.5 Å². The number of rotatable bonds is 3. The lowest BCUT2D eigenvalue weighted by Crippen LogP contribution is -2.35. The Balaban J connectivity index is 2.11. The summed E-state index contributed by atoms with van der Waals surface area (Å²) in [7, 11) is 3.65. The standard InChI is InChI=1S/C14H19N5O2/c1-19-14(21-2)11(7-16-19)8-3-4-9-10(5-8)12(6-15)17-18-13(9)20/h3-5,11,14,16H,6-7,15H2,1-2H3,(H,18,20). The van der Waals surface area contributed by atoms with Crippen molar-refractivity contribution in [2.24, 2.45) is 5.73 Å². The lowest BCUT2D eigenvalue weighted by atomic mass is 9.95. The molecule has 0 bridgehead atoms. The number of fused-ring (bicyclic) bond motifs is 1. The summed E-state index contributed by atoms with van der Waals surface area (Å²) in [4.78, 5) is 11.8. The molecule has 4 N–H and O–H groups in total. The summed E-state index contributed by atoms with van der Waals surface area (Å²) in [6, 6.07) is 5.79. The van der Waals surface area contributed by atoms with Crippen molar-refractivity contribution in [3.63, 3.8) is 0 Å². The fraction of sp³-hybridized carbons (Fsp3) is 0.429. The van der Waals surface area contributed by atoms with Crippen molar-refractivity contribution in [3.8, 4) is 0 Å². The van der Waals surface area contributed by atoms with E-state index >= 15 is 0 Å². The van der Waals surface area contributed by atoms with Crippen molar-refractivity contribution >= 4 is 10.8 Å². The number of hydrazine groups is 1. The van der Waals surface area contributed by atoms with E-state index in [1.807, 2.05) is 30.3 Å². The average molecular weight is 289 g/mol. The van der Waals surface area contributed by atoms with E-state index in [4.69, 9.17) is 10.5 Å². The van der Waals surface area contributed by atoms with Gasteiger partial charge >= 0.3 is 0 Å². The largest absolute Gasteiger partial charge is 0.364 e. The van der Waals surface area contributed by atoms with Crippen LogP contribution in [-0.4, -0.2) is 42.1 Å². The van der Waals surface area contributed by atoms with Gasteiger partial charge in [-0.25, -0.2) is 10.1 Å². The van der Waals surface area contributed by atoms with Gasteiger partial charge in [-0.2, -0.15) is 5.10 Å². The third-order valence-corrected chi connectivity index (χ3v) is 4.04. The van der Waals surface area contributed by atoms with Gasteiger partial charge in [0.25, 0.3) is 5.56 Å². The molecule has 0 aliphatic carbocycles.